The normalized spacial score (nSPS) is 19.5. The zero-order valence-electron chi connectivity index (χ0n) is 21.6. The number of thioether (sulfide) groups is 1. The number of carbonyl (C=O) groups is 3. The van der Waals surface area contributed by atoms with Crippen LogP contribution in [0.3, 0.4) is 0 Å². The minimum Gasteiger partial charge on any atom is -0.324 e. The summed E-state index contributed by atoms with van der Waals surface area (Å²) in [4.78, 5) is 65.8. The molecule has 3 amide bonds. The van der Waals surface area contributed by atoms with Crippen molar-refractivity contribution in [3.05, 3.63) is 115 Å². The Bertz CT molecular complexity index is 1770. The van der Waals surface area contributed by atoms with Crippen LogP contribution >= 0.6 is 23.1 Å². The van der Waals surface area contributed by atoms with Crippen LogP contribution in [0.15, 0.2) is 88.7 Å². The van der Waals surface area contributed by atoms with Crippen molar-refractivity contribution in [2.45, 2.75) is 29.7 Å². The fourth-order valence-electron chi connectivity index (χ4n) is 5.30. The van der Waals surface area contributed by atoms with Crippen molar-refractivity contribution in [3.63, 3.8) is 0 Å². The van der Waals surface area contributed by atoms with E-state index in [2.05, 4.69) is 5.32 Å². The number of nitro groups is 1. The lowest BCUT2D eigenvalue weighted by atomic mass is 9.83. The molecule has 2 aliphatic heterocycles. The Morgan fingerprint density at radius 3 is 2.32 bits per heavy atom. The van der Waals surface area contributed by atoms with Gasteiger partial charge in [-0.3, -0.25) is 33.9 Å². The lowest BCUT2D eigenvalue weighted by Crippen LogP contribution is -2.33. The highest BCUT2D eigenvalue weighted by Gasteiger charge is 2.56. The van der Waals surface area contributed by atoms with Crippen LogP contribution in [0.1, 0.15) is 21.9 Å². The van der Waals surface area contributed by atoms with Crippen LogP contribution in [0.25, 0.3) is 0 Å². The van der Waals surface area contributed by atoms with E-state index in [-0.39, 0.29) is 28.7 Å². The molecule has 2 unspecified atom stereocenters. The summed E-state index contributed by atoms with van der Waals surface area (Å²) in [6.07, 6.45) is 0. The minimum absolute atomic E-state index is 0.156. The van der Waals surface area contributed by atoms with Crippen LogP contribution in [0.2, 0.25) is 0 Å². The second-order valence-electron chi connectivity index (χ2n) is 9.72. The van der Waals surface area contributed by atoms with Gasteiger partial charge >= 0.3 is 4.87 Å². The van der Waals surface area contributed by atoms with Gasteiger partial charge in [-0.2, -0.15) is 0 Å². The number of anilines is 2. The summed E-state index contributed by atoms with van der Waals surface area (Å²) in [5, 5.41) is 13.6. The SMILES string of the molecule is Cc1ccccc1NC(=O)Cn1c2c(sc1=O)[C@H](c1ccccc1)C1C(=O)N(c3ccc([N+](=O)[O-])cc3)C(=O)C1S2. The predicted molar refractivity (Wildman–Crippen MR) is 155 cm³/mol. The van der Waals surface area contributed by atoms with Crippen molar-refractivity contribution in [1.82, 2.24) is 4.57 Å². The highest BCUT2D eigenvalue weighted by atomic mass is 32.2. The van der Waals surface area contributed by atoms with E-state index in [1.165, 1.54) is 28.8 Å². The number of nitrogens with one attached hydrogen (secondary N) is 1. The molecule has 1 fully saturated rings. The van der Waals surface area contributed by atoms with Crippen molar-refractivity contribution >= 4 is 57.9 Å². The molecule has 0 aliphatic carbocycles. The lowest BCUT2D eigenvalue weighted by molar-refractivity contribution is -0.384. The Hall–Kier alpha value is -4.55. The number of hydrogen-bond acceptors (Lipinski definition) is 8. The number of hydrogen-bond donors (Lipinski definition) is 1. The first-order valence-electron chi connectivity index (χ1n) is 12.7. The van der Waals surface area contributed by atoms with Crippen LogP contribution in [0.5, 0.6) is 0 Å². The molecule has 1 saturated heterocycles. The number of aryl methyl sites for hydroxylation is 1. The third-order valence-corrected chi connectivity index (χ3v) is 9.85. The number of thiazole rings is 1. The number of non-ortho nitro benzene ring substituents is 1. The topological polar surface area (TPSA) is 132 Å². The van der Waals surface area contributed by atoms with Crippen molar-refractivity contribution < 1.29 is 19.3 Å². The van der Waals surface area contributed by atoms with E-state index in [1.54, 1.807) is 12.1 Å². The maximum Gasteiger partial charge on any atom is 0.308 e. The van der Waals surface area contributed by atoms with E-state index in [0.717, 1.165) is 39.1 Å². The molecular weight excluding hydrogens is 564 g/mol. The molecule has 1 aromatic heterocycles. The van der Waals surface area contributed by atoms with Crippen molar-refractivity contribution in [3.8, 4) is 0 Å². The number of aromatic nitrogens is 1. The van der Waals surface area contributed by atoms with Gasteiger partial charge in [0, 0.05) is 28.6 Å². The highest BCUT2D eigenvalue weighted by Crippen LogP contribution is 2.53. The van der Waals surface area contributed by atoms with Crippen LogP contribution < -0.4 is 15.1 Å². The summed E-state index contributed by atoms with van der Waals surface area (Å²) < 4.78 is 1.37. The average Bonchev–Trinajstić information content (AvgIpc) is 3.41. The molecule has 6 rings (SSSR count). The number of carbonyl (C=O) groups excluding carboxylic acids is 3. The van der Waals surface area contributed by atoms with Gasteiger partial charge in [-0.25, -0.2) is 4.90 Å². The fraction of sp³-hybridized carbons (Fsp3) is 0.172. The number of nitrogens with zero attached hydrogens (tertiary/aromatic N) is 3. The van der Waals surface area contributed by atoms with Crippen LogP contribution in [-0.2, 0) is 20.9 Å². The quantitative estimate of drug-likeness (QED) is 0.199. The number of amides is 3. The summed E-state index contributed by atoms with van der Waals surface area (Å²) >= 11 is 2.09. The molecule has 206 valence electrons. The van der Waals surface area contributed by atoms with Gasteiger partial charge in [0.25, 0.3) is 5.69 Å². The first-order valence-corrected chi connectivity index (χ1v) is 14.4. The Labute approximate surface area is 241 Å². The molecule has 3 aromatic carbocycles. The van der Waals surface area contributed by atoms with Gasteiger partial charge in [0.1, 0.15) is 11.8 Å². The second-order valence-corrected chi connectivity index (χ2v) is 11.8. The van der Waals surface area contributed by atoms with Crippen LogP contribution in [0, 0.1) is 23.0 Å². The van der Waals surface area contributed by atoms with E-state index in [9.17, 15) is 29.3 Å². The van der Waals surface area contributed by atoms with Gasteiger partial charge in [0.2, 0.25) is 17.7 Å². The van der Waals surface area contributed by atoms with Gasteiger partial charge in [0.05, 0.1) is 21.6 Å². The van der Waals surface area contributed by atoms with Gasteiger partial charge in [-0.1, -0.05) is 71.6 Å². The number of imide groups is 1. The second kappa shape index (κ2) is 10.5. The van der Waals surface area contributed by atoms with E-state index >= 15 is 0 Å². The van der Waals surface area contributed by atoms with Crippen LogP contribution in [-0.4, -0.2) is 32.5 Å². The minimum atomic E-state index is -0.852. The zero-order valence-corrected chi connectivity index (χ0v) is 23.2. The number of rotatable bonds is 6. The molecule has 0 bridgehead atoms. The third kappa shape index (κ3) is 4.64. The fourth-order valence-corrected chi connectivity index (χ4v) is 8.07. The Morgan fingerprint density at radius 2 is 1.63 bits per heavy atom. The highest BCUT2D eigenvalue weighted by molar-refractivity contribution is 8.00. The molecule has 10 nitrogen and oxygen atoms in total. The maximum absolute atomic E-state index is 13.9. The third-order valence-electron chi connectivity index (χ3n) is 7.25. The standard InChI is InChI=1S/C29H22N4O6S2/c1-16-7-5-6-10-20(16)30-21(34)15-31-28-25(41-29(31)37)22(17-8-3-2-4-9-17)23-24(40-28)27(36)32(26(23)35)18-11-13-19(14-12-18)33(38)39/h2-14,22-24H,15H2,1H3,(H,30,34)/t22-,23?,24?/m1/s1. The van der Waals surface area contributed by atoms with Gasteiger partial charge < -0.3 is 5.32 Å². The van der Waals surface area contributed by atoms with E-state index in [4.69, 9.17) is 0 Å². The summed E-state index contributed by atoms with van der Waals surface area (Å²) in [5.74, 6) is -2.69. The summed E-state index contributed by atoms with van der Waals surface area (Å²) in [7, 11) is 0. The van der Waals surface area contributed by atoms with Crippen molar-refractivity contribution in [2.75, 3.05) is 10.2 Å². The Kier molecular flexibility index (Phi) is 6.80. The summed E-state index contributed by atoms with van der Waals surface area (Å²) in [6.45, 7) is 1.62. The number of fused-ring (bicyclic) bond motifs is 2. The van der Waals surface area contributed by atoms with Crippen LogP contribution in [0.4, 0.5) is 17.1 Å². The zero-order chi connectivity index (χ0) is 28.8. The van der Waals surface area contributed by atoms with Gasteiger partial charge in [0.15, 0.2) is 0 Å². The molecular formula is C29H22N4O6S2. The molecule has 1 N–H and O–H groups in total. The molecule has 3 atom stereocenters. The number of para-hydroxylation sites is 1. The molecule has 0 spiro atoms. The average molecular weight is 587 g/mol. The Balaban J connectivity index is 1.39. The van der Waals surface area contributed by atoms with Gasteiger partial charge in [-0.15, -0.1) is 0 Å². The molecule has 2 aliphatic rings. The number of nitro benzene ring substituents is 1. The monoisotopic (exact) mass is 586 g/mol. The van der Waals surface area contributed by atoms with Crippen molar-refractivity contribution in [2.24, 2.45) is 5.92 Å². The molecule has 12 heteroatoms. The molecule has 3 heterocycles. The van der Waals surface area contributed by atoms with Gasteiger partial charge in [-0.05, 0) is 36.2 Å². The van der Waals surface area contributed by atoms with Crippen molar-refractivity contribution in [1.29, 1.82) is 0 Å². The van der Waals surface area contributed by atoms with E-state index in [0.29, 0.717) is 15.6 Å². The molecule has 0 saturated carbocycles. The summed E-state index contributed by atoms with van der Waals surface area (Å²) in [5.41, 5.74) is 2.37. The molecule has 4 aromatic rings. The first-order chi connectivity index (χ1) is 19.7. The largest absolute Gasteiger partial charge is 0.324 e. The predicted octanol–water partition coefficient (Wildman–Crippen LogP) is 4.56. The summed E-state index contributed by atoms with van der Waals surface area (Å²) in [6, 6.07) is 21.8. The Morgan fingerprint density at radius 1 is 0.951 bits per heavy atom. The first kappa shape index (κ1) is 26.7. The maximum atomic E-state index is 13.9. The van der Waals surface area contributed by atoms with E-state index in [1.807, 2.05) is 49.4 Å². The molecule has 0 radical (unpaired) electrons. The molecule has 41 heavy (non-hydrogen) atoms. The smallest absolute Gasteiger partial charge is 0.308 e. The number of benzene rings is 3. The lowest BCUT2D eigenvalue weighted by Gasteiger charge is -2.30. The van der Waals surface area contributed by atoms with E-state index < -0.39 is 33.8 Å².